The lowest BCUT2D eigenvalue weighted by Gasteiger charge is -2.49. The summed E-state index contributed by atoms with van der Waals surface area (Å²) in [7, 11) is 2.03. The molecule has 0 aliphatic carbocycles. The Kier molecular flexibility index (Phi) is 2.62. The third-order valence-corrected chi connectivity index (χ3v) is 4.33. The maximum absolute atomic E-state index is 10.4. The molecule has 0 saturated carbocycles. The molecule has 0 saturated heterocycles. The van der Waals surface area contributed by atoms with Gasteiger partial charge in [-0.25, -0.2) is 0 Å². The van der Waals surface area contributed by atoms with E-state index < -0.39 is 0 Å². The van der Waals surface area contributed by atoms with Crippen LogP contribution in [0.1, 0.15) is 37.8 Å². The molecular weight excluding hydrogens is 212 g/mol. The number of nitrogens with two attached hydrogens (primary N) is 1. The number of rotatable bonds is 0. The van der Waals surface area contributed by atoms with Gasteiger partial charge < -0.3 is 15.7 Å². The quantitative estimate of drug-likeness (QED) is 0.677. The van der Waals surface area contributed by atoms with Crippen LogP contribution in [0.15, 0.2) is 12.1 Å². The van der Waals surface area contributed by atoms with Crippen LogP contribution >= 0.6 is 0 Å². The lowest BCUT2D eigenvalue weighted by atomic mass is 9.77. The summed E-state index contributed by atoms with van der Waals surface area (Å²) in [6, 6.07) is 4.12. The van der Waals surface area contributed by atoms with Crippen molar-refractivity contribution in [1.29, 1.82) is 0 Å². The van der Waals surface area contributed by atoms with Gasteiger partial charge in [-0.2, -0.15) is 0 Å². The molecule has 2 rings (SSSR count). The number of nitrogen functional groups attached to an aromatic ring is 1. The minimum atomic E-state index is -0.387. The first kappa shape index (κ1) is 12.2. The molecule has 3 nitrogen and oxygen atoms in total. The molecule has 3 N–H and O–H groups in total. The maximum atomic E-state index is 10.4. The van der Waals surface area contributed by atoms with Crippen molar-refractivity contribution in [3.8, 4) is 0 Å². The van der Waals surface area contributed by atoms with Gasteiger partial charge in [0, 0.05) is 24.3 Å². The van der Waals surface area contributed by atoms with Crippen LogP contribution in [0.5, 0.6) is 0 Å². The predicted molar refractivity (Wildman–Crippen MR) is 72.5 cm³/mol. The van der Waals surface area contributed by atoms with Crippen LogP contribution in [0.3, 0.4) is 0 Å². The highest BCUT2D eigenvalue weighted by Gasteiger charge is 2.42. The summed E-state index contributed by atoms with van der Waals surface area (Å²) in [5.74, 6) is 0.110. The number of aliphatic hydroxyl groups is 1. The summed E-state index contributed by atoms with van der Waals surface area (Å²) >= 11 is 0. The smallest absolute Gasteiger partial charge is 0.0832 e. The molecule has 0 radical (unpaired) electrons. The number of nitrogens with zero attached hydrogens (tertiary/aromatic N) is 1. The number of aliphatic hydroxyl groups excluding tert-OH is 1. The molecule has 94 valence electrons. The summed E-state index contributed by atoms with van der Waals surface area (Å²) in [6.45, 7) is 8.23. The molecule has 1 aliphatic rings. The third-order valence-electron chi connectivity index (χ3n) is 4.33. The number of anilines is 2. The SMILES string of the molecule is Cc1cc2c(cc1N)C(C)C(O)C(C)(C)N2C. The van der Waals surface area contributed by atoms with Gasteiger partial charge in [0.2, 0.25) is 0 Å². The standard InChI is InChI=1S/C14H22N2O/c1-8-6-12-10(7-11(8)15)9(2)13(17)14(3,4)16(12)5/h6-7,9,13,17H,15H2,1-5H3. The minimum absolute atomic E-state index is 0.110. The van der Waals surface area contributed by atoms with Crippen LogP contribution in [-0.2, 0) is 0 Å². The van der Waals surface area contributed by atoms with Gasteiger partial charge in [0.05, 0.1) is 11.6 Å². The highest BCUT2D eigenvalue weighted by molar-refractivity contribution is 5.67. The van der Waals surface area contributed by atoms with E-state index in [0.29, 0.717) is 0 Å². The molecule has 2 unspecified atom stereocenters. The predicted octanol–water partition coefficient (Wildman–Crippen LogP) is 2.27. The summed E-state index contributed by atoms with van der Waals surface area (Å²) in [5.41, 5.74) is 9.93. The van der Waals surface area contributed by atoms with E-state index in [1.54, 1.807) is 0 Å². The molecule has 1 heterocycles. The van der Waals surface area contributed by atoms with Crippen LogP contribution in [0.25, 0.3) is 0 Å². The van der Waals surface area contributed by atoms with Crippen molar-refractivity contribution in [1.82, 2.24) is 0 Å². The van der Waals surface area contributed by atoms with E-state index in [0.717, 1.165) is 16.8 Å². The molecule has 0 aromatic heterocycles. The van der Waals surface area contributed by atoms with Gasteiger partial charge in [-0.1, -0.05) is 6.92 Å². The lowest BCUT2D eigenvalue weighted by molar-refractivity contribution is 0.0724. The summed E-state index contributed by atoms with van der Waals surface area (Å²) in [4.78, 5) is 2.15. The second kappa shape index (κ2) is 3.64. The van der Waals surface area contributed by atoms with E-state index in [9.17, 15) is 5.11 Å². The van der Waals surface area contributed by atoms with Crippen molar-refractivity contribution >= 4 is 11.4 Å². The fourth-order valence-corrected chi connectivity index (χ4v) is 2.67. The van der Waals surface area contributed by atoms with Crippen molar-refractivity contribution in [2.45, 2.75) is 45.3 Å². The molecule has 0 fully saturated rings. The fourth-order valence-electron chi connectivity index (χ4n) is 2.67. The zero-order valence-corrected chi connectivity index (χ0v) is 11.3. The van der Waals surface area contributed by atoms with Gasteiger partial charge in [-0.3, -0.25) is 0 Å². The van der Waals surface area contributed by atoms with Gasteiger partial charge >= 0.3 is 0 Å². The maximum Gasteiger partial charge on any atom is 0.0832 e. The van der Waals surface area contributed by atoms with Gasteiger partial charge in [0.1, 0.15) is 0 Å². The van der Waals surface area contributed by atoms with E-state index >= 15 is 0 Å². The number of hydrogen-bond donors (Lipinski definition) is 2. The van der Waals surface area contributed by atoms with E-state index in [4.69, 9.17) is 5.73 Å². The zero-order chi connectivity index (χ0) is 13.0. The molecule has 0 amide bonds. The largest absolute Gasteiger partial charge is 0.399 e. The molecule has 0 bridgehead atoms. The molecule has 1 aromatic carbocycles. The van der Waals surface area contributed by atoms with Crippen molar-refractivity contribution in [2.75, 3.05) is 17.7 Å². The zero-order valence-electron chi connectivity index (χ0n) is 11.3. The Morgan fingerprint density at radius 1 is 1.35 bits per heavy atom. The second-order valence-electron chi connectivity index (χ2n) is 5.71. The molecule has 0 spiro atoms. The van der Waals surface area contributed by atoms with Gasteiger partial charge in [0.15, 0.2) is 0 Å². The Hall–Kier alpha value is -1.22. The van der Waals surface area contributed by atoms with Crippen molar-refractivity contribution < 1.29 is 5.11 Å². The Bertz CT molecular complexity index is 454. The first-order valence-corrected chi connectivity index (χ1v) is 6.08. The number of likely N-dealkylation sites (N-methyl/N-ethyl adjacent to an activating group) is 1. The summed E-state index contributed by atoms with van der Waals surface area (Å²) in [5, 5.41) is 10.4. The van der Waals surface area contributed by atoms with Crippen LogP contribution in [0.2, 0.25) is 0 Å². The van der Waals surface area contributed by atoms with E-state index in [1.165, 1.54) is 5.69 Å². The van der Waals surface area contributed by atoms with Crippen molar-refractivity contribution in [2.24, 2.45) is 0 Å². The Morgan fingerprint density at radius 3 is 2.53 bits per heavy atom. The summed E-state index contributed by atoms with van der Waals surface area (Å²) in [6.07, 6.45) is -0.387. The van der Waals surface area contributed by atoms with Gasteiger partial charge in [-0.05, 0) is 44.0 Å². The molecule has 17 heavy (non-hydrogen) atoms. The second-order valence-corrected chi connectivity index (χ2v) is 5.71. The fraction of sp³-hybridized carbons (Fsp3) is 0.571. The average molecular weight is 234 g/mol. The van der Waals surface area contributed by atoms with E-state index in [1.807, 2.05) is 20.0 Å². The van der Waals surface area contributed by atoms with Crippen molar-refractivity contribution in [3.05, 3.63) is 23.3 Å². The molecular formula is C14H22N2O. The number of benzene rings is 1. The molecule has 1 aromatic rings. The monoisotopic (exact) mass is 234 g/mol. The van der Waals surface area contributed by atoms with Gasteiger partial charge in [-0.15, -0.1) is 0 Å². The molecule has 1 aliphatic heterocycles. The number of aryl methyl sites for hydroxylation is 1. The lowest BCUT2D eigenvalue weighted by Crippen LogP contribution is -2.56. The first-order valence-electron chi connectivity index (χ1n) is 6.08. The highest BCUT2D eigenvalue weighted by Crippen LogP contribution is 2.43. The van der Waals surface area contributed by atoms with E-state index in [2.05, 4.69) is 31.7 Å². The average Bonchev–Trinajstić information content (AvgIpc) is 2.27. The van der Waals surface area contributed by atoms with Crippen LogP contribution < -0.4 is 10.6 Å². The number of hydrogen-bond acceptors (Lipinski definition) is 3. The minimum Gasteiger partial charge on any atom is -0.399 e. The van der Waals surface area contributed by atoms with Crippen molar-refractivity contribution in [3.63, 3.8) is 0 Å². The van der Waals surface area contributed by atoms with Gasteiger partial charge in [0.25, 0.3) is 0 Å². The van der Waals surface area contributed by atoms with E-state index in [-0.39, 0.29) is 17.6 Å². The topological polar surface area (TPSA) is 49.5 Å². The third kappa shape index (κ3) is 1.61. The first-order chi connectivity index (χ1) is 7.76. The highest BCUT2D eigenvalue weighted by atomic mass is 16.3. The molecule has 3 heteroatoms. The van der Waals surface area contributed by atoms with Crippen LogP contribution in [0.4, 0.5) is 11.4 Å². The summed E-state index contributed by atoms with van der Waals surface area (Å²) < 4.78 is 0. The Balaban J connectivity index is 2.64. The van der Waals surface area contributed by atoms with Crippen LogP contribution in [0, 0.1) is 6.92 Å². The Labute approximate surface area is 103 Å². The van der Waals surface area contributed by atoms with Crippen LogP contribution in [-0.4, -0.2) is 23.8 Å². The normalized spacial score (nSPS) is 26.8. The number of fused-ring (bicyclic) bond motifs is 1. The Morgan fingerprint density at radius 2 is 1.94 bits per heavy atom. The molecule has 2 atom stereocenters.